The Morgan fingerprint density at radius 2 is 1.83 bits per heavy atom. The predicted molar refractivity (Wildman–Crippen MR) is 150 cm³/mol. The lowest BCUT2D eigenvalue weighted by Gasteiger charge is -2.16. The summed E-state index contributed by atoms with van der Waals surface area (Å²) in [5.74, 6) is 0.551. The quantitative estimate of drug-likeness (QED) is 0.275. The van der Waals surface area contributed by atoms with E-state index in [-0.39, 0.29) is 18.4 Å². The number of benzene rings is 2. The van der Waals surface area contributed by atoms with Gasteiger partial charge in [-0.15, -0.1) is 0 Å². The number of thiocarbonyl (C=S) groups is 1. The standard InChI is InChI=1S/C26H29BrN2O4S2/c1-6-8-29-25(31)21(35-26(29)34)13-18-11-19(27)24(20(12-18)32-7-2)33-14-22(30)28-23-16(4)9-15(3)10-17(23)5/h9-13H,6-8,14H2,1-5H3,(H,28,30)/b21-13-. The maximum absolute atomic E-state index is 12.7. The summed E-state index contributed by atoms with van der Waals surface area (Å²) in [5.41, 5.74) is 4.71. The summed E-state index contributed by atoms with van der Waals surface area (Å²) in [7, 11) is 0. The van der Waals surface area contributed by atoms with E-state index in [4.69, 9.17) is 21.7 Å². The maximum Gasteiger partial charge on any atom is 0.266 e. The third-order valence-corrected chi connectivity index (χ3v) is 7.21. The molecular formula is C26H29BrN2O4S2. The zero-order chi connectivity index (χ0) is 25.7. The molecule has 0 aromatic heterocycles. The number of hydrogen-bond donors (Lipinski definition) is 1. The minimum atomic E-state index is -0.266. The van der Waals surface area contributed by atoms with Crippen molar-refractivity contribution in [1.29, 1.82) is 0 Å². The van der Waals surface area contributed by atoms with Crippen LogP contribution in [-0.4, -0.2) is 40.8 Å². The molecule has 0 atom stereocenters. The van der Waals surface area contributed by atoms with Gasteiger partial charge >= 0.3 is 0 Å². The van der Waals surface area contributed by atoms with E-state index in [1.165, 1.54) is 11.8 Å². The van der Waals surface area contributed by atoms with Crippen LogP contribution in [0.2, 0.25) is 0 Å². The van der Waals surface area contributed by atoms with Crippen LogP contribution in [0.3, 0.4) is 0 Å². The van der Waals surface area contributed by atoms with Crippen molar-refractivity contribution < 1.29 is 19.1 Å². The molecule has 1 aliphatic heterocycles. The molecule has 2 aromatic carbocycles. The molecule has 1 fully saturated rings. The van der Waals surface area contributed by atoms with Crippen LogP contribution >= 0.6 is 39.9 Å². The van der Waals surface area contributed by atoms with E-state index in [1.807, 2.05) is 52.8 Å². The van der Waals surface area contributed by atoms with Crippen molar-refractivity contribution in [2.75, 3.05) is 25.1 Å². The highest BCUT2D eigenvalue weighted by atomic mass is 79.9. The molecule has 1 N–H and O–H groups in total. The van der Waals surface area contributed by atoms with Crippen molar-refractivity contribution in [2.24, 2.45) is 0 Å². The van der Waals surface area contributed by atoms with Gasteiger partial charge in [-0.3, -0.25) is 14.5 Å². The number of amides is 2. The van der Waals surface area contributed by atoms with Crippen LogP contribution in [0.15, 0.2) is 33.6 Å². The first-order valence-electron chi connectivity index (χ1n) is 11.4. The summed E-state index contributed by atoms with van der Waals surface area (Å²) in [4.78, 5) is 27.5. The van der Waals surface area contributed by atoms with Crippen molar-refractivity contribution in [1.82, 2.24) is 4.90 Å². The fourth-order valence-electron chi connectivity index (χ4n) is 3.83. The van der Waals surface area contributed by atoms with Crippen molar-refractivity contribution in [2.45, 2.75) is 41.0 Å². The first kappa shape index (κ1) is 27.2. The zero-order valence-electron chi connectivity index (χ0n) is 20.5. The lowest BCUT2D eigenvalue weighted by atomic mass is 10.1. The Morgan fingerprint density at radius 1 is 1.14 bits per heavy atom. The van der Waals surface area contributed by atoms with Gasteiger partial charge in [0.05, 0.1) is 16.0 Å². The van der Waals surface area contributed by atoms with E-state index in [0.29, 0.717) is 38.3 Å². The van der Waals surface area contributed by atoms with Gasteiger partial charge < -0.3 is 14.8 Å². The molecule has 9 heteroatoms. The summed E-state index contributed by atoms with van der Waals surface area (Å²) >= 11 is 10.2. The first-order chi connectivity index (χ1) is 16.6. The molecule has 1 aliphatic rings. The van der Waals surface area contributed by atoms with E-state index in [2.05, 4.69) is 21.2 Å². The van der Waals surface area contributed by atoms with Crippen molar-refractivity contribution in [3.8, 4) is 11.5 Å². The minimum Gasteiger partial charge on any atom is -0.490 e. The molecule has 1 saturated heterocycles. The fourth-order valence-corrected chi connectivity index (χ4v) is 5.72. The number of halogens is 1. The molecule has 2 amide bonds. The van der Waals surface area contributed by atoms with Gasteiger partial charge in [0, 0.05) is 12.2 Å². The highest BCUT2D eigenvalue weighted by molar-refractivity contribution is 9.10. The zero-order valence-corrected chi connectivity index (χ0v) is 23.7. The Balaban J connectivity index is 1.78. The summed E-state index contributed by atoms with van der Waals surface area (Å²) < 4.78 is 12.8. The fraction of sp³-hybridized carbons (Fsp3) is 0.346. The summed E-state index contributed by atoms with van der Waals surface area (Å²) in [6.45, 7) is 10.7. The highest BCUT2D eigenvalue weighted by Gasteiger charge is 2.31. The average Bonchev–Trinajstić information content (AvgIpc) is 3.03. The molecule has 0 saturated carbocycles. The van der Waals surface area contributed by atoms with Gasteiger partial charge in [-0.25, -0.2) is 0 Å². The van der Waals surface area contributed by atoms with E-state index >= 15 is 0 Å². The normalized spacial score (nSPS) is 14.6. The molecule has 35 heavy (non-hydrogen) atoms. The van der Waals surface area contributed by atoms with Crippen LogP contribution in [0.5, 0.6) is 11.5 Å². The molecular weight excluding hydrogens is 548 g/mol. The van der Waals surface area contributed by atoms with Gasteiger partial charge in [-0.05, 0) is 84.9 Å². The number of carbonyl (C=O) groups excluding carboxylic acids is 2. The molecule has 1 heterocycles. The Kier molecular flexibility index (Phi) is 9.38. The largest absolute Gasteiger partial charge is 0.490 e. The number of aryl methyl sites for hydroxylation is 3. The molecule has 6 nitrogen and oxygen atoms in total. The molecule has 2 aromatic rings. The van der Waals surface area contributed by atoms with Crippen LogP contribution in [0, 0.1) is 20.8 Å². The molecule has 3 rings (SSSR count). The number of rotatable bonds is 9. The van der Waals surface area contributed by atoms with Crippen molar-refractivity contribution in [3.63, 3.8) is 0 Å². The van der Waals surface area contributed by atoms with Crippen molar-refractivity contribution in [3.05, 3.63) is 55.9 Å². The summed E-state index contributed by atoms with van der Waals surface area (Å²) in [6.07, 6.45) is 2.63. The number of thioether (sulfide) groups is 1. The van der Waals surface area contributed by atoms with Crippen LogP contribution in [0.1, 0.15) is 42.5 Å². The van der Waals surface area contributed by atoms with Crippen molar-refractivity contribution >= 4 is 67.8 Å². The minimum absolute atomic E-state index is 0.0883. The Bertz CT molecular complexity index is 1170. The molecule has 0 unspecified atom stereocenters. The number of anilines is 1. The van der Waals surface area contributed by atoms with Crippen LogP contribution in [-0.2, 0) is 9.59 Å². The molecule has 0 aliphatic carbocycles. The van der Waals surface area contributed by atoms with Gasteiger partial charge in [0.25, 0.3) is 11.8 Å². The monoisotopic (exact) mass is 576 g/mol. The van der Waals surface area contributed by atoms with Crippen LogP contribution in [0.25, 0.3) is 6.08 Å². The van der Waals surface area contributed by atoms with E-state index in [1.54, 1.807) is 17.0 Å². The van der Waals surface area contributed by atoms with Gasteiger partial charge in [-0.1, -0.05) is 48.6 Å². The first-order valence-corrected chi connectivity index (χ1v) is 13.4. The summed E-state index contributed by atoms with van der Waals surface area (Å²) in [5, 5.41) is 2.94. The Morgan fingerprint density at radius 3 is 2.46 bits per heavy atom. The third-order valence-electron chi connectivity index (χ3n) is 5.24. The number of hydrogen-bond acceptors (Lipinski definition) is 6. The molecule has 0 spiro atoms. The SMILES string of the molecule is CCCN1C(=O)/C(=C/c2cc(Br)c(OCC(=O)Nc3c(C)cc(C)cc3C)c(OCC)c2)SC1=S. The van der Waals surface area contributed by atoms with Gasteiger partial charge in [-0.2, -0.15) is 0 Å². The van der Waals surface area contributed by atoms with Gasteiger partial charge in [0.1, 0.15) is 4.32 Å². The molecule has 0 bridgehead atoms. The second kappa shape index (κ2) is 12.1. The highest BCUT2D eigenvalue weighted by Crippen LogP contribution is 2.39. The van der Waals surface area contributed by atoms with E-state index in [0.717, 1.165) is 34.4 Å². The molecule has 0 radical (unpaired) electrons. The van der Waals surface area contributed by atoms with Gasteiger partial charge in [0.15, 0.2) is 18.1 Å². The van der Waals surface area contributed by atoms with E-state index < -0.39 is 0 Å². The smallest absolute Gasteiger partial charge is 0.266 e. The number of nitrogens with zero attached hydrogens (tertiary/aromatic N) is 1. The van der Waals surface area contributed by atoms with Gasteiger partial charge in [0.2, 0.25) is 0 Å². The predicted octanol–water partition coefficient (Wildman–Crippen LogP) is 6.40. The third kappa shape index (κ3) is 6.65. The Labute approximate surface area is 224 Å². The maximum atomic E-state index is 12.7. The summed E-state index contributed by atoms with van der Waals surface area (Å²) in [6, 6.07) is 7.68. The molecule has 186 valence electrons. The van der Waals surface area contributed by atoms with Crippen LogP contribution < -0.4 is 14.8 Å². The second-order valence-electron chi connectivity index (χ2n) is 8.21. The second-order valence-corrected chi connectivity index (χ2v) is 10.7. The lowest BCUT2D eigenvalue weighted by Crippen LogP contribution is -2.28. The lowest BCUT2D eigenvalue weighted by molar-refractivity contribution is -0.122. The average molecular weight is 578 g/mol. The van der Waals surface area contributed by atoms with Crippen LogP contribution in [0.4, 0.5) is 5.69 Å². The topological polar surface area (TPSA) is 67.9 Å². The number of nitrogens with one attached hydrogen (secondary N) is 1. The number of ether oxygens (including phenoxy) is 2. The Hall–Kier alpha value is -2.36. The number of carbonyl (C=O) groups is 2. The van der Waals surface area contributed by atoms with E-state index in [9.17, 15) is 9.59 Å².